The number of nitrogens with two attached hydrogens (primary N) is 1. The van der Waals surface area contributed by atoms with Crippen LogP contribution < -0.4 is 10.5 Å². The lowest BCUT2D eigenvalue weighted by molar-refractivity contribution is 0.288. The van der Waals surface area contributed by atoms with Gasteiger partial charge in [0.2, 0.25) is 0 Å². The Labute approximate surface area is 119 Å². The Hall–Kier alpha value is -1.15. The van der Waals surface area contributed by atoms with Crippen LogP contribution in [-0.2, 0) is 0 Å². The molecule has 0 fully saturated rings. The molecule has 4 heteroatoms. The van der Waals surface area contributed by atoms with Crippen molar-refractivity contribution in [2.45, 2.75) is 18.6 Å². The number of rotatable bonds is 7. The summed E-state index contributed by atoms with van der Waals surface area (Å²) < 4.78 is 5.67. The summed E-state index contributed by atoms with van der Waals surface area (Å²) in [6.45, 7) is 3.39. The molecule has 19 heavy (non-hydrogen) atoms. The fraction of sp³-hybridized carbons (Fsp3) is 0.467. The van der Waals surface area contributed by atoms with E-state index in [1.54, 1.807) is 0 Å². The maximum atomic E-state index is 8.81. The summed E-state index contributed by atoms with van der Waals surface area (Å²) in [5.41, 5.74) is 6.26. The minimum absolute atomic E-state index is 0.247. The number of benzene rings is 1. The Morgan fingerprint density at radius 3 is 3.05 bits per heavy atom. The molecule has 0 heterocycles. The number of hydrogen-bond acceptors (Lipinski definition) is 4. The smallest absolute Gasteiger partial charge is 0.120 e. The van der Waals surface area contributed by atoms with E-state index in [4.69, 9.17) is 15.6 Å². The van der Waals surface area contributed by atoms with Crippen LogP contribution in [0.25, 0.3) is 0 Å². The predicted molar refractivity (Wildman–Crippen MR) is 81.5 cm³/mol. The summed E-state index contributed by atoms with van der Waals surface area (Å²) >= 11 is 1.81. The molecule has 1 rings (SSSR count). The zero-order valence-electron chi connectivity index (χ0n) is 11.3. The van der Waals surface area contributed by atoms with Gasteiger partial charge >= 0.3 is 0 Å². The van der Waals surface area contributed by atoms with Crippen LogP contribution in [0.5, 0.6) is 5.75 Å². The van der Waals surface area contributed by atoms with E-state index in [0.717, 1.165) is 23.5 Å². The van der Waals surface area contributed by atoms with E-state index < -0.39 is 0 Å². The van der Waals surface area contributed by atoms with Crippen molar-refractivity contribution in [3.05, 3.63) is 29.8 Å². The summed E-state index contributed by atoms with van der Waals surface area (Å²) in [6.07, 6.45) is 0.828. The summed E-state index contributed by atoms with van der Waals surface area (Å²) in [7, 11) is 0. The van der Waals surface area contributed by atoms with Gasteiger partial charge in [-0.25, -0.2) is 0 Å². The van der Waals surface area contributed by atoms with E-state index >= 15 is 0 Å². The van der Waals surface area contributed by atoms with Gasteiger partial charge in [-0.15, -0.1) is 0 Å². The number of thioether (sulfide) groups is 1. The van der Waals surface area contributed by atoms with Crippen molar-refractivity contribution in [1.82, 2.24) is 0 Å². The predicted octanol–water partition coefficient (Wildman–Crippen LogP) is 1.88. The molecule has 3 nitrogen and oxygen atoms in total. The van der Waals surface area contributed by atoms with Crippen molar-refractivity contribution in [2.24, 2.45) is 5.73 Å². The van der Waals surface area contributed by atoms with Crippen molar-refractivity contribution in [1.29, 1.82) is 0 Å². The Kier molecular flexibility index (Phi) is 8.15. The first-order valence-corrected chi connectivity index (χ1v) is 7.45. The third-order valence-electron chi connectivity index (χ3n) is 2.46. The highest BCUT2D eigenvalue weighted by Gasteiger charge is 2.01. The molecule has 0 amide bonds. The second kappa shape index (κ2) is 9.74. The Morgan fingerprint density at radius 2 is 2.32 bits per heavy atom. The van der Waals surface area contributed by atoms with Crippen molar-refractivity contribution in [3.63, 3.8) is 0 Å². The first-order chi connectivity index (χ1) is 9.26. The molecule has 0 aliphatic rings. The van der Waals surface area contributed by atoms with Gasteiger partial charge in [-0.2, -0.15) is 11.8 Å². The molecular weight excluding hydrogens is 258 g/mol. The van der Waals surface area contributed by atoms with Crippen molar-refractivity contribution in [2.75, 3.05) is 25.5 Å². The molecule has 0 radical (unpaired) electrons. The topological polar surface area (TPSA) is 55.5 Å². The quantitative estimate of drug-likeness (QED) is 0.591. The lowest BCUT2D eigenvalue weighted by atomic mass is 10.2. The largest absolute Gasteiger partial charge is 0.493 e. The van der Waals surface area contributed by atoms with Crippen LogP contribution in [0.15, 0.2) is 24.3 Å². The van der Waals surface area contributed by atoms with E-state index in [9.17, 15) is 0 Å². The first kappa shape index (κ1) is 15.9. The van der Waals surface area contributed by atoms with Gasteiger partial charge in [-0.1, -0.05) is 24.8 Å². The van der Waals surface area contributed by atoms with Crippen LogP contribution in [-0.4, -0.2) is 35.9 Å². The van der Waals surface area contributed by atoms with Crippen LogP contribution in [0.3, 0.4) is 0 Å². The van der Waals surface area contributed by atoms with Gasteiger partial charge in [0, 0.05) is 23.2 Å². The van der Waals surface area contributed by atoms with E-state index in [-0.39, 0.29) is 6.61 Å². The van der Waals surface area contributed by atoms with Crippen LogP contribution in [0.4, 0.5) is 0 Å². The third-order valence-corrected chi connectivity index (χ3v) is 3.67. The summed E-state index contributed by atoms with van der Waals surface area (Å²) in [5, 5.41) is 9.27. The fourth-order valence-corrected chi connectivity index (χ4v) is 2.34. The molecule has 104 valence electrons. The fourth-order valence-electron chi connectivity index (χ4n) is 1.49. The van der Waals surface area contributed by atoms with Crippen molar-refractivity contribution in [3.8, 4) is 17.6 Å². The zero-order valence-corrected chi connectivity index (χ0v) is 12.1. The van der Waals surface area contributed by atoms with Crippen LogP contribution in [0.2, 0.25) is 0 Å². The van der Waals surface area contributed by atoms with Gasteiger partial charge in [0.15, 0.2) is 0 Å². The molecule has 0 spiro atoms. The molecule has 0 saturated carbocycles. The molecule has 1 aromatic rings. The normalized spacial score (nSPS) is 11.5. The van der Waals surface area contributed by atoms with Gasteiger partial charge in [-0.05, 0) is 24.6 Å². The highest BCUT2D eigenvalue weighted by molar-refractivity contribution is 7.99. The molecule has 0 aromatic heterocycles. The summed E-state index contributed by atoms with van der Waals surface area (Å²) in [5.74, 6) is 7.55. The molecule has 1 unspecified atom stereocenters. The van der Waals surface area contributed by atoms with Crippen LogP contribution in [0.1, 0.15) is 18.9 Å². The number of hydrogen-bond donors (Lipinski definition) is 2. The highest BCUT2D eigenvalue weighted by atomic mass is 32.2. The molecule has 1 aromatic carbocycles. The van der Waals surface area contributed by atoms with E-state index in [1.807, 2.05) is 36.0 Å². The van der Waals surface area contributed by atoms with E-state index in [2.05, 4.69) is 18.8 Å². The molecule has 3 N–H and O–H groups in total. The Bertz CT molecular complexity index is 426. The molecule has 0 aliphatic heterocycles. The maximum absolute atomic E-state index is 8.81. The lowest BCUT2D eigenvalue weighted by Gasteiger charge is -2.10. The standard InChI is InChI=1S/C15H21NO2S/c1-13(7-9-17)19-11-10-18-15-6-2-4-14(12-15)5-3-8-16/h2,4,6,12-13,17H,7-11,16H2,1H3. The van der Waals surface area contributed by atoms with E-state index in [0.29, 0.717) is 18.4 Å². The summed E-state index contributed by atoms with van der Waals surface area (Å²) in [4.78, 5) is 0. The molecule has 0 saturated heterocycles. The van der Waals surface area contributed by atoms with Crippen molar-refractivity contribution >= 4 is 11.8 Å². The second-order valence-electron chi connectivity index (χ2n) is 4.08. The molecule has 0 aliphatic carbocycles. The van der Waals surface area contributed by atoms with Gasteiger partial charge in [0.1, 0.15) is 5.75 Å². The number of aliphatic hydroxyl groups is 1. The van der Waals surface area contributed by atoms with Gasteiger partial charge < -0.3 is 15.6 Å². The Morgan fingerprint density at radius 1 is 1.47 bits per heavy atom. The number of ether oxygens (including phenoxy) is 1. The van der Waals surface area contributed by atoms with E-state index in [1.165, 1.54) is 0 Å². The maximum Gasteiger partial charge on any atom is 0.120 e. The van der Waals surface area contributed by atoms with Crippen LogP contribution in [0, 0.1) is 11.8 Å². The zero-order chi connectivity index (χ0) is 13.9. The third kappa shape index (κ3) is 7.12. The summed E-state index contributed by atoms with van der Waals surface area (Å²) in [6, 6.07) is 7.71. The average molecular weight is 279 g/mol. The van der Waals surface area contributed by atoms with Gasteiger partial charge in [-0.3, -0.25) is 0 Å². The first-order valence-electron chi connectivity index (χ1n) is 6.40. The molecular formula is C15H21NO2S. The van der Waals surface area contributed by atoms with Gasteiger partial charge in [0.25, 0.3) is 0 Å². The average Bonchev–Trinajstić information content (AvgIpc) is 2.42. The minimum Gasteiger partial charge on any atom is -0.493 e. The highest BCUT2D eigenvalue weighted by Crippen LogP contribution is 2.16. The SMILES string of the molecule is CC(CCO)SCCOc1cccc(C#CCN)c1. The molecule has 0 bridgehead atoms. The van der Waals surface area contributed by atoms with Crippen molar-refractivity contribution < 1.29 is 9.84 Å². The molecule has 1 atom stereocenters. The lowest BCUT2D eigenvalue weighted by Crippen LogP contribution is -2.06. The van der Waals surface area contributed by atoms with Crippen LogP contribution >= 0.6 is 11.8 Å². The second-order valence-corrected chi connectivity index (χ2v) is 5.62. The number of aliphatic hydroxyl groups excluding tert-OH is 1. The van der Waals surface area contributed by atoms with Gasteiger partial charge in [0.05, 0.1) is 13.2 Å². The Balaban J connectivity index is 2.33. The monoisotopic (exact) mass is 279 g/mol. The minimum atomic E-state index is 0.247.